The maximum absolute atomic E-state index is 11.6. The molecule has 0 aromatic rings. The minimum Gasteiger partial charge on any atom is -0.352 e. The number of hydrogen-bond acceptors (Lipinski definition) is 2. The normalized spacial score (nSPS) is 34.8. The molecule has 0 aromatic heterocycles. The molecule has 0 aliphatic heterocycles. The van der Waals surface area contributed by atoms with Gasteiger partial charge in [-0.05, 0) is 37.5 Å². The second kappa shape index (κ2) is 5.17. The molecule has 2 atom stereocenters. The molecule has 2 rings (SSSR count). The predicted octanol–water partition coefficient (Wildman–Crippen LogP) is 1.68. The first kappa shape index (κ1) is 11.9. The van der Waals surface area contributed by atoms with Crippen molar-refractivity contribution < 1.29 is 4.79 Å². The van der Waals surface area contributed by atoms with E-state index in [0.717, 1.165) is 0 Å². The summed E-state index contributed by atoms with van der Waals surface area (Å²) in [5.74, 6) is 1.59. The molecule has 2 aliphatic carbocycles. The number of rotatable bonds is 4. The summed E-state index contributed by atoms with van der Waals surface area (Å²) < 4.78 is 0. The third-order valence-corrected chi connectivity index (χ3v) is 3.99. The average molecular weight is 224 g/mol. The van der Waals surface area contributed by atoms with E-state index in [2.05, 4.69) is 24.5 Å². The Kier molecular flexibility index (Phi) is 3.85. The van der Waals surface area contributed by atoms with Crippen molar-refractivity contribution in [3.8, 4) is 0 Å². The second-order valence-corrected chi connectivity index (χ2v) is 5.63. The zero-order chi connectivity index (χ0) is 11.5. The molecule has 2 N–H and O–H groups in total. The summed E-state index contributed by atoms with van der Waals surface area (Å²) in [7, 11) is 0. The van der Waals surface area contributed by atoms with Gasteiger partial charge in [0.1, 0.15) is 0 Å². The van der Waals surface area contributed by atoms with E-state index >= 15 is 0 Å². The van der Waals surface area contributed by atoms with Crippen molar-refractivity contribution in [2.45, 2.75) is 58.0 Å². The molecule has 3 nitrogen and oxygen atoms in total. The summed E-state index contributed by atoms with van der Waals surface area (Å²) in [6, 6.07) is 1.01. The van der Waals surface area contributed by atoms with Gasteiger partial charge in [-0.25, -0.2) is 0 Å². The fourth-order valence-corrected chi connectivity index (χ4v) is 2.80. The monoisotopic (exact) mass is 224 g/mol. The molecule has 92 valence electrons. The molecule has 16 heavy (non-hydrogen) atoms. The van der Waals surface area contributed by atoms with Crippen molar-refractivity contribution in [3.05, 3.63) is 0 Å². The lowest BCUT2D eigenvalue weighted by atomic mass is 9.79. The van der Waals surface area contributed by atoms with Gasteiger partial charge in [-0.15, -0.1) is 0 Å². The van der Waals surface area contributed by atoms with Gasteiger partial charge in [0, 0.05) is 12.1 Å². The minimum atomic E-state index is 0.174. The number of carbonyl (C=O) groups excluding carboxylic acids is 1. The van der Waals surface area contributed by atoms with Gasteiger partial charge in [-0.3, -0.25) is 4.79 Å². The van der Waals surface area contributed by atoms with E-state index in [1.807, 2.05) is 0 Å². The molecule has 0 saturated heterocycles. The Hall–Kier alpha value is -0.570. The van der Waals surface area contributed by atoms with E-state index in [0.29, 0.717) is 30.5 Å². The van der Waals surface area contributed by atoms with Crippen molar-refractivity contribution in [1.82, 2.24) is 10.6 Å². The molecular weight excluding hydrogens is 200 g/mol. The van der Waals surface area contributed by atoms with Crippen molar-refractivity contribution in [1.29, 1.82) is 0 Å². The molecular formula is C13H24N2O. The zero-order valence-corrected chi connectivity index (χ0v) is 10.5. The van der Waals surface area contributed by atoms with Crippen LogP contribution in [0.15, 0.2) is 0 Å². The predicted molar refractivity (Wildman–Crippen MR) is 65.1 cm³/mol. The Morgan fingerprint density at radius 3 is 2.31 bits per heavy atom. The molecule has 1 amide bonds. The lowest BCUT2D eigenvalue weighted by Gasteiger charge is -2.35. The third kappa shape index (κ3) is 3.21. The third-order valence-electron chi connectivity index (χ3n) is 3.99. The molecule has 0 spiro atoms. The van der Waals surface area contributed by atoms with Crippen molar-refractivity contribution in [2.75, 3.05) is 6.54 Å². The summed E-state index contributed by atoms with van der Waals surface area (Å²) in [5, 5.41) is 6.46. The average Bonchev–Trinajstić information content (AvgIpc) is 3.01. The maximum atomic E-state index is 11.6. The van der Waals surface area contributed by atoms with Crippen LogP contribution in [-0.2, 0) is 4.79 Å². The lowest BCUT2D eigenvalue weighted by molar-refractivity contribution is -0.120. The molecule has 2 unspecified atom stereocenters. The Balaban J connectivity index is 1.71. The van der Waals surface area contributed by atoms with Crippen molar-refractivity contribution in [2.24, 2.45) is 11.8 Å². The Morgan fingerprint density at radius 1 is 1.12 bits per heavy atom. The SMILES string of the molecule is CC1CCCC(C)C1NCC(=O)NC1CC1. The van der Waals surface area contributed by atoms with Gasteiger partial charge in [0.05, 0.1) is 6.54 Å². The highest BCUT2D eigenvalue weighted by atomic mass is 16.2. The van der Waals surface area contributed by atoms with Gasteiger partial charge in [-0.2, -0.15) is 0 Å². The second-order valence-electron chi connectivity index (χ2n) is 5.63. The smallest absolute Gasteiger partial charge is 0.234 e. The highest BCUT2D eigenvalue weighted by Crippen LogP contribution is 2.28. The topological polar surface area (TPSA) is 41.1 Å². The van der Waals surface area contributed by atoms with Gasteiger partial charge in [0.25, 0.3) is 0 Å². The molecule has 2 saturated carbocycles. The van der Waals surface area contributed by atoms with E-state index in [1.165, 1.54) is 32.1 Å². The van der Waals surface area contributed by atoms with Gasteiger partial charge in [-0.1, -0.05) is 20.3 Å². The number of amides is 1. The minimum absolute atomic E-state index is 0.174. The van der Waals surface area contributed by atoms with E-state index in [1.54, 1.807) is 0 Å². The molecule has 0 aromatic carbocycles. The van der Waals surface area contributed by atoms with Gasteiger partial charge < -0.3 is 10.6 Å². The van der Waals surface area contributed by atoms with E-state index in [4.69, 9.17) is 0 Å². The van der Waals surface area contributed by atoms with Crippen LogP contribution in [0.3, 0.4) is 0 Å². The first-order valence-corrected chi connectivity index (χ1v) is 6.69. The standard InChI is InChI=1S/C13H24N2O/c1-9-4-3-5-10(2)13(9)14-8-12(16)15-11-6-7-11/h9-11,13-14H,3-8H2,1-2H3,(H,15,16). The maximum Gasteiger partial charge on any atom is 0.234 e. The number of hydrogen-bond donors (Lipinski definition) is 2. The van der Waals surface area contributed by atoms with E-state index in [9.17, 15) is 4.79 Å². The fourth-order valence-electron chi connectivity index (χ4n) is 2.80. The molecule has 3 heteroatoms. The Bertz CT molecular complexity index is 240. The van der Waals surface area contributed by atoms with Crippen LogP contribution in [-0.4, -0.2) is 24.5 Å². The van der Waals surface area contributed by atoms with Gasteiger partial charge in [0.2, 0.25) is 5.91 Å². The highest BCUT2D eigenvalue weighted by Gasteiger charge is 2.28. The first-order valence-electron chi connectivity index (χ1n) is 6.69. The number of carbonyl (C=O) groups is 1. The fraction of sp³-hybridized carbons (Fsp3) is 0.923. The van der Waals surface area contributed by atoms with Crippen LogP contribution < -0.4 is 10.6 Å². The Morgan fingerprint density at radius 2 is 1.75 bits per heavy atom. The zero-order valence-electron chi connectivity index (χ0n) is 10.5. The molecule has 0 radical (unpaired) electrons. The largest absolute Gasteiger partial charge is 0.352 e. The van der Waals surface area contributed by atoms with E-state index in [-0.39, 0.29) is 5.91 Å². The summed E-state index contributed by atoms with van der Waals surface area (Å²) >= 11 is 0. The van der Waals surface area contributed by atoms with Crippen molar-refractivity contribution >= 4 is 5.91 Å². The molecule has 2 fully saturated rings. The van der Waals surface area contributed by atoms with Crippen LogP contribution in [0.4, 0.5) is 0 Å². The Labute approximate surface area is 98.4 Å². The summed E-state index contributed by atoms with van der Waals surface area (Å²) in [6.07, 6.45) is 6.28. The summed E-state index contributed by atoms with van der Waals surface area (Å²) in [4.78, 5) is 11.6. The quantitative estimate of drug-likeness (QED) is 0.763. The lowest BCUT2D eigenvalue weighted by Crippen LogP contribution is -2.47. The van der Waals surface area contributed by atoms with Crippen LogP contribution in [0.1, 0.15) is 46.0 Å². The van der Waals surface area contributed by atoms with Crippen LogP contribution in [0.5, 0.6) is 0 Å². The van der Waals surface area contributed by atoms with E-state index < -0.39 is 0 Å². The van der Waals surface area contributed by atoms with Crippen LogP contribution >= 0.6 is 0 Å². The number of nitrogens with one attached hydrogen (secondary N) is 2. The molecule has 2 aliphatic rings. The van der Waals surface area contributed by atoms with Crippen molar-refractivity contribution in [3.63, 3.8) is 0 Å². The van der Waals surface area contributed by atoms with Crippen LogP contribution in [0.25, 0.3) is 0 Å². The first-order chi connectivity index (χ1) is 7.66. The summed E-state index contributed by atoms with van der Waals surface area (Å²) in [5.41, 5.74) is 0. The molecule has 0 bridgehead atoms. The highest BCUT2D eigenvalue weighted by molar-refractivity contribution is 5.78. The van der Waals surface area contributed by atoms with Crippen LogP contribution in [0.2, 0.25) is 0 Å². The summed E-state index contributed by atoms with van der Waals surface area (Å²) in [6.45, 7) is 5.09. The molecule has 0 heterocycles. The van der Waals surface area contributed by atoms with Gasteiger partial charge in [0.15, 0.2) is 0 Å². The van der Waals surface area contributed by atoms with Gasteiger partial charge >= 0.3 is 0 Å². The van der Waals surface area contributed by atoms with Crippen LogP contribution in [0, 0.1) is 11.8 Å².